The molecule has 2 rings (SSSR count). The van der Waals surface area contributed by atoms with Gasteiger partial charge >= 0.3 is 5.97 Å². The lowest BCUT2D eigenvalue weighted by Crippen LogP contribution is -2.26. The average molecular weight is 316 g/mol. The van der Waals surface area contributed by atoms with Gasteiger partial charge in [0.15, 0.2) is 0 Å². The molecular formula is C17H20N2O2S. The number of nitrogens with one attached hydrogen (secondary N) is 1. The largest absolute Gasteiger partial charge is 0.466 e. The van der Waals surface area contributed by atoms with Gasteiger partial charge in [-0.1, -0.05) is 43.1 Å². The first-order valence-corrected chi connectivity index (χ1v) is 7.58. The normalized spacial score (nSPS) is 24.7. The van der Waals surface area contributed by atoms with Crippen molar-refractivity contribution in [2.45, 2.75) is 19.4 Å². The van der Waals surface area contributed by atoms with E-state index in [-0.39, 0.29) is 12.0 Å². The molecule has 0 radical (unpaired) electrons. The molecule has 0 aromatic heterocycles. The van der Waals surface area contributed by atoms with Gasteiger partial charge in [-0.25, -0.2) is 4.79 Å². The number of nitrogens with zero attached hydrogens (tertiary/aromatic N) is 1. The number of methoxy groups -OCH3 is 1. The summed E-state index contributed by atoms with van der Waals surface area (Å²) in [7, 11) is 1.39. The van der Waals surface area contributed by atoms with E-state index < -0.39 is 0 Å². The fourth-order valence-electron chi connectivity index (χ4n) is 2.57. The molecule has 1 aliphatic heterocycles. The molecule has 0 saturated heterocycles. The molecule has 0 aromatic carbocycles. The summed E-state index contributed by atoms with van der Waals surface area (Å²) in [6.07, 6.45) is 12.1. The van der Waals surface area contributed by atoms with Crippen LogP contribution in [0, 0.1) is 0 Å². The Morgan fingerprint density at radius 2 is 2.36 bits per heavy atom. The molecule has 1 heterocycles. The van der Waals surface area contributed by atoms with Crippen molar-refractivity contribution >= 4 is 23.2 Å². The molecule has 116 valence electrons. The van der Waals surface area contributed by atoms with Crippen molar-refractivity contribution in [2.24, 2.45) is 0 Å². The Kier molecular flexibility index (Phi) is 5.33. The van der Waals surface area contributed by atoms with Crippen molar-refractivity contribution in [3.05, 3.63) is 60.0 Å². The number of carbonyl (C=O) groups is 1. The quantitative estimate of drug-likeness (QED) is 0.490. The third kappa shape index (κ3) is 3.20. The summed E-state index contributed by atoms with van der Waals surface area (Å²) in [5.41, 5.74) is 2.65. The molecule has 0 amide bonds. The van der Waals surface area contributed by atoms with Crippen molar-refractivity contribution in [2.75, 3.05) is 13.7 Å². The number of allylic oxidation sites excluding steroid dienone is 3. The van der Waals surface area contributed by atoms with Gasteiger partial charge in [0.1, 0.15) is 4.99 Å². The summed E-state index contributed by atoms with van der Waals surface area (Å²) in [6, 6.07) is 0.139. The zero-order valence-corrected chi connectivity index (χ0v) is 13.7. The lowest BCUT2D eigenvalue weighted by atomic mass is 9.97. The van der Waals surface area contributed by atoms with Crippen molar-refractivity contribution in [3.63, 3.8) is 0 Å². The SMILES string of the molecule is C=CNC(=S)C1=CN(CC)C2C=CC/C(C(=O)OC)=C\C=C\12. The summed E-state index contributed by atoms with van der Waals surface area (Å²) in [5.74, 6) is -0.303. The third-order valence-corrected chi connectivity index (χ3v) is 4.03. The van der Waals surface area contributed by atoms with Gasteiger partial charge in [0.05, 0.1) is 13.2 Å². The number of fused-ring (bicyclic) bond motifs is 1. The molecule has 0 spiro atoms. The van der Waals surface area contributed by atoms with E-state index in [1.807, 2.05) is 18.2 Å². The van der Waals surface area contributed by atoms with Crippen LogP contribution in [0.25, 0.3) is 0 Å². The highest BCUT2D eigenvalue weighted by atomic mass is 32.1. The minimum Gasteiger partial charge on any atom is -0.466 e. The van der Waals surface area contributed by atoms with E-state index in [2.05, 4.69) is 36.0 Å². The maximum absolute atomic E-state index is 11.7. The van der Waals surface area contributed by atoms with Crippen molar-refractivity contribution in [3.8, 4) is 0 Å². The molecule has 1 N–H and O–H groups in total. The number of likely N-dealkylation sites (N-methyl/N-ethyl adjacent to an activating group) is 1. The Morgan fingerprint density at radius 1 is 1.59 bits per heavy atom. The lowest BCUT2D eigenvalue weighted by molar-refractivity contribution is -0.136. The number of carbonyl (C=O) groups excluding carboxylic acids is 1. The van der Waals surface area contributed by atoms with Crippen LogP contribution in [0.5, 0.6) is 0 Å². The van der Waals surface area contributed by atoms with Crippen molar-refractivity contribution < 1.29 is 9.53 Å². The van der Waals surface area contributed by atoms with Gasteiger partial charge in [-0.2, -0.15) is 0 Å². The van der Waals surface area contributed by atoms with Gasteiger partial charge in [-0.05, 0) is 25.1 Å². The predicted octanol–water partition coefficient (Wildman–Crippen LogP) is 2.62. The first-order valence-electron chi connectivity index (χ1n) is 7.17. The topological polar surface area (TPSA) is 41.6 Å². The minimum absolute atomic E-state index is 0.139. The zero-order chi connectivity index (χ0) is 16.1. The lowest BCUT2D eigenvalue weighted by Gasteiger charge is -2.23. The van der Waals surface area contributed by atoms with Crippen molar-refractivity contribution in [1.29, 1.82) is 0 Å². The molecule has 0 aromatic rings. The Bertz CT molecular complexity index is 614. The highest BCUT2D eigenvalue weighted by Gasteiger charge is 2.29. The molecule has 0 bridgehead atoms. The number of hydrogen-bond acceptors (Lipinski definition) is 4. The highest BCUT2D eigenvalue weighted by molar-refractivity contribution is 7.80. The van der Waals surface area contributed by atoms with E-state index in [9.17, 15) is 4.79 Å². The highest BCUT2D eigenvalue weighted by Crippen LogP contribution is 2.31. The summed E-state index contributed by atoms with van der Waals surface area (Å²) in [5, 5.41) is 2.97. The van der Waals surface area contributed by atoms with Crippen molar-refractivity contribution in [1.82, 2.24) is 10.2 Å². The van der Waals surface area contributed by atoms with E-state index in [1.54, 1.807) is 6.20 Å². The second kappa shape index (κ2) is 7.22. The fraction of sp³-hybridized carbons (Fsp3) is 0.294. The fourth-order valence-corrected chi connectivity index (χ4v) is 2.83. The van der Waals surface area contributed by atoms with Crippen LogP contribution in [0.3, 0.4) is 0 Å². The summed E-state index contributed by atoms with van der Waals surface area (Å²) in [4.78, 5) is 14.6. The Morgan fingerprint density at radius 3 is 3.00 bits per heavy atom. The number of hydrogen-bond donors (Lipinski definition) is 1. The Hall–Kier alpha value is -2.14. The van der Waals surface area contributed by atoms with Gasteiger partial charge in [-0.3, -0.25) is 0 Å². The number of ether oxygens (including phenoxy) is 1. The van der Waals surface area contributed by atoms with Crippen LogP contribution in [0.2, 0.25) is 0 Å². The molecule has 0 fully saturated rings. The molecule has 22 heavy (non-hydrogen) atoms. The van der Waals surface area contributed by atoms with Gasteiger partial charge in [0, 0.05) is 23.9 Å². The van der Waals surface area contributed by atoms with Crippen LogP contribution in [0.1, 0.15) is 13.3 Å². The van der Waals surface area contributed by atoms with Crippen LogP contribution in [-0.4, -0.2) is 35.6 Å². The van der Waals surface area contributed by atoms with E-state index in [4.69, 9.17) is 17.0 Å². The van der Waals surface area contributed by atoms with Crippen LogP contribution in [-0.2, 0) is 9.53 Å². The Labute approximate surface area is 136 Å². The molecule has 2 aliphatic rings. The van der Waals surface area contributed by atoms with Crippen LogP contribution >= 0.6 is 12.2 Å². The number of rotatable bonds is 4. The first-order chi connectivity index (χ1) is 10.6. The van der Waals surface area contributed by atoms with E-state index in [0.29, 0.717) is 17.0 Å². The van der Waals surface area contributed by atoms with Gasteiger partial charge in [-0.15, -0.1) is 0 Å². The Balaban J connectivity index is 2.41. The number of thiocarbonyl (C=S) groups is 1. The monoisotopic (exact) mass is 316 g/mol. The molecule has 0 saturated carbocycles. The summed E-state index contributed by atoms with van der Waals surface area (Å²) >= 11 is 5.41. The first kappa shape index (κ1) is 16.2. The molecule has 4 nitrogen and oxygen atoms in total. The predicted molar refractivity (Wildman–Crippen MR) is 92.1 cm³/mol. The molecular weight excluding hydrogens is 296 g/mol. The summed E-state index contributed by atoms with van der Waals surface area (Å²) < 4.78 is 4.81. The van der Waals surface area contributed by atoms with E-state index in [1.165, 1.54) is 7.11 Å². The maximum atomic E-state index is 11.7. The van der Waals surface area contributed by atoms with Gasteiger partial charge in [0.25, 0.3) is 0 Å². The molecule has 1 aliphatic carbocycles. The van der Waals surface area contributed by atoms with E-state index >= 15 is 0 Å². The smallest absolute Gasteiger partial charge is 0.334 e. The van der Waals surface area contributed by atoms with Gasteiger partial charge < -0.3 is 15.0 Å². The van der Waals surface area contributed by atoms with E-state index in [0.717, 1.165) is 17.7 Å². The van der Waals surface area contributed by atoms with Crippen LogP contribution < -0.4 is 5.32 Å². The second-order valence-corrected chi connectivity index (χ2v) is 5.34. The summed E-state index contributed by atoms with van der Waals surface area (Å²) in [6.45, 7) is 6.62. The molecule has 5 heteroatoms. The standard InChI is InChI=1S/C17H20N2O2S/c1-4-18-16(22)14-11-19(5-2)15-8-6-7-12(17(20)21-3)9-10-13(14)15/h4,6,8-11,15H,1,5,7H2,2-3H3,(H,18,22)/b8-6?,12-9+,13-10-. The average Bonchev–Trinajstić information content (AvgIpc) is 2.84. The number of esters is 1. The van der Waals surface area contributed by atoms with Crippen LogP contribution in [0.15, 0.2) is 60.0 Å². The zero-order valence-electron chi connectivity index (χ0n) is 12.8. The second-order valence-electron chi connectivity index (χ2n) is 4.93. The third-order valence-electron chi connectivity index (χ3n) is 3.69. The molecule has 1 atom stereocenters. The molecule has 1 unspecified atom stereocenters. The van der Waals surface area contributed by atoms with Gasteiger partial charge in [0.2, 0.25) is 0 Å². The van der Waals surface area contributed by atoms with Crippen LogP contribution in [0.4, 0.5) is 0 Å². The minimum atomic E-state index is -0.303. The maximum Gasteiger partial charge on any atom is 0.334 e.